The summed E-state index contributed by atoms with van der Waals surface area (Å²) in [6, 6.07) is 8.39. The summed E-state index contributed by atoms with van der Waals surface area (Å²) in [5.41, 5.74) is 0.316. The van der Waals surface area contributed by atoms with E-state index < -0.39 is 48.6 Å². The van der Waals surface area contributed by atoms with Crippen LogP contribution in [-0.2, 0) is 34.5 Å². The number of aromatic nitrogens is 2. The molecule has 18 heteroatoms. The van der Waals surface area contributed by atoms with Crippen LogP contribution in [0.5, 0.6) is 11.6 Å². The van der Waals surface area contributed by atoms with Crippen LogP contribution in [-0.4, -0.2) is 68.7 Å². The van der Waals surface area contributed by atoms with Gasteiger partial charge in [-0.15, -0.1) is 10.2 Å². The molecule has 0 aliphatic rings. The van der Waals surface area contributed by atoms with Crippen molar-refractivity contribution in [3.8, 4) is 17.3 Å². The number of rotatable bonds is 10. The van der Waals surface area contributed by atoms with Crippen LogP contribution in [0.1, 0.15) is 5.69 Å². The second-order valence-electron chi connectivity index (χ2n) is 7.24. The third kappa shape index (κ3) is 6.87. The van der Waals surface area contributed by atoms with Crippen LogP contribution in [0.15, 0.2) is 62.5 Å². The Morgan fingerprint density at radius 3 is 2.14 bits per heavy atom. The van der Waals surface area contributed by atoms with Gasteiger partial charge in [0.25, 0.3) is 10.1 Å². The summed E-state index contributed by atoms with van der Waals surface area (Å²) in [4.78, 5) is -0.622. The van der Waals surface area contributed by atoms with Gasteiger partial charge in [0.15, 0.2) is 15.5 Å². The summed E-state index contributed by atoms with van der Waals surface area (Å²) in [7, 11) is -12.0. The van der Waals surface area contributed by atoms with E-state index in [0.29, 0.717) is 0 Å². The number of aryl methyl sites for hydroxylation is 1. The summed E-state index contributed by atoms with van der Waals surface area (Å²) in [6.45, 7) is 0.686. The van der Waals surface area contributed by atoms with E-state index in [1.54, 1.807) is 0 Å². The lowest BCUT2D eigenvalue weighted by Crippen LogP contribution is -2.15. The van der Waals surface area contributed by atoms with Crippen molar-refractivity contribution in [2.24, 2.45) is 10.2 Å². The molecule has 0 unspecified atom stereocenters. The SMILES string of the molecule is COc1ccc(S(=O)(=O)CCOS(=O)(=O)O)cc1/N=N/c1c(C)nn(-c2ccc(S(=O)(=O)O)cc2)c1O. The van der Waals surface area contributed by atoms with Gasteiger partial charge in [-0.1, -0.05) is 0 Å². The summed E-state index contributed by atoms with van der Waals surface area (Å²) < 4.78 is 96.7. The third-order valence-electron chi connectivity index (χ3n) is 4.74. The minimum absolute atomic E-state index is 0.0525. The van der Waals surface area contributed by atoms with Crippen molar-refractivity contribution in [1.82, 2.24) is 9.78 Å². The van der Waals surface area contributed by atoms with Crippen molar-refractivity contribution < 1.29 is 48.4 Å². The second kappa shape index (κ2) is 10.5. The zero-order chi connectivity index (χ0) is 27.6. The molecule has 0 spiro atoms. The Bertz CT molecular complexity index is 1660. The quantitative estimate of drug-likeness (QED) is 0.233. The van der Waals surface area contributed by atoms with E-state index in [9.17, 15) is 30.4 Å². The van der Waals surface area contributed by atoms with Gasteiger partial charge in [0, 0.05) is 0 Å². The Labute approximate surface area is 211 Å². The van der Waals surface area contributed by atoms with Gasteiger partial charge >= 0.3 is 10.4 Å². The molecule has 3 aromatic rings. The van der Waals surface area contributed by atoms with Crippen molar-refractivity contribution in [3.63, 3.8) is 0 Å². The third-order valence-corrected chi connectivity index (χ3v) is 7.74. The second-order valence-corrected chi connectivity index (χ2v) is 11.9. The molecule has 0 fully saturated rings. The average Bonchev–Trinajstić information content (AvgIpc) is 3.09. The fraction of sp³-hybridized carbons (Fsp3) is 0.211. The Hall–Kier alpha value is -3.42. The van der Waals surface area contributed by atoms with E-state index in [2.05, 4.69) is 19.5 Å². The molecular weight excluding hydrogens is 556 g/mol. The lowest BCUT2D eigenvalue weighted by atomic mass is 10.3. The molecule has 0 saturated heterocycles. The Kier molecular flexibility index (Phi) is 8.00. The smallest absolute Gasteiger partial charge is 0.397 e. The summed E-state index contributed by atoms with van der Waals surface area (Å²) in [5.74, 6) is -1.10. The monoisotopic (exact) mass is 576 g/mol. The number of sulfone groups is 1. The molecule has 3 rings (SSSR count). The highest BCUT2D eigenvalue weighted by Crippen LogP contribution is 2.36. The van der Waals surface area contributed by atoms with Gasteiger partial charge < -0.3 is 9.84 Å². The molecular formula is C19H20N4O11S3. The van der Waals surface area contributed by atoms with Gasteiger partial charge in [-0.2, -0.15) is 26.6 Å². The largest absolute Gasteiger partial charge is 0.494 e. The zero-order valence-corrected chi connectivity index (χ0v) is 21.5. The molecule has 0 saturated carbocycles. The summed E-state index contributed by atoms with van der Waals surface area (Å²) in [6.07, 6.45) is 0. The van der Waals surface area contributed by atoms with Crippen LogP contribution in [0.2, 0.25) is 0 Å². The first-order valence-electron chi connectivity index (χ1n) is 9.93. The van der Waals surface area contributed by atoms with Gasteiger partial charge in [-0.25, -0.2) is 12.6 Å². The number of nitrogens with zero attached hydrogens (tertiary/aromatic N) is 4. The van der Waals surface area contributed by atoms with Crippen LogP contribution in [0, 0.1) is 6.92 Å². The van der Waals surface area contributed by atoms with Crippen LogP contribution in [0.4, 0.5) is 11.4 Å². The highest BCUT2D eigenvalue weighted by molar-refractivity contribution is 7.91. The molecule has 0 aliphatic heterocycles. The van der Waals surface area contributed by atoms with Gasteiger partial charge in [0.05, 0.1) is 40.6 Å². The summed E-state index contributed by atoms with van der Waals surface area (Å²) >= 11 is 0. The molecule has 0 radical (unpaired) electrons. The first kappa shape index (κ1) is 28.2. The van der Waals surface area contributed by atoms with E-state index in [4.69, 9.17) is 13.8 Å². The maximum Gasteiger partial charge on any atom is 0.397 e. The lowest BCUT2D eigenvalue weighted by molar-refractivity contribution is 0.284. The number of aromatic hydroxyl groups is 1. The number of hydrogen-bond acceptors (Lipinski definition) is 12. The molecule has 2 aromatic carbocycles. The van der Waals surface area contributed by atoms with Crippen molar-refractivity contribution in [3.05, 3.63) is 48.2 Å². The van der Waals surface area contributed by atoms with E-state index >= 15 is 0 Å². The Morgan fingerprint density at radius 1 is 0.946 bits per heavy atom. The molecule has 15 nitrogen and oxygen atoms in total. The highest BCUT2D eigenvalue weighted by atomic mass is 32.3. The van der Waals surface area contributed by atoms with Gasteiger partial charge in [-0.05, 0) is 49.4 Å². The molecule has 0 bridgehead atoms. The number of ether oxygens (including phenoxy) is 1. The number of azo groups is 1. The zero-order valence-electron chi connectivity index (χ0n) is 19.1. The lowest BCUT2D eigenvalue weighted by Gasteiger charge is -2.08. The number of hydrogen-bond donors (Lipinski definition) is 3. The molecule has 1 heterocycles. The van der Waals surface area contributed by atoms with Gasteiger partial charge in [0.2, 0.25) is 5.88 Å². The van der Waals surface area contributed by atoms with E-state index in [1.165, 1.54) is 38.3 Å². The normalized spacial score (nSPS) is 12.8. The molecule has 1 aromatic heterocycles. The molecule has 3 N–H and O–H groups in total. The summed E-state index contributed by atoms with van der Waals surface area (Å²) in [5, 5.41) is 22.6. The predicted molar refractivity (Wildman–Crippen MR) is 127 cm³/mol. The predicted octanol–water partition coefficient (Wildman–Crippen LogP) is 2.15. The maximum absolute atomic E-state index is 12.5. The first-order chi connectivity index (χ1) is 17.1. The molecule has 0 aliphatic carbocycles. The van der Waals surface area contributed by atoms with Crippen molar-refractivity contribution in [2.75, 3.05) is 19.5 Å². The van der Waals surface area contributed by atoms with Crippen LogP contribution in [0.25, 0.3) is 5.69 Å². The molecule has 37 heavy (non-hydrogen) atoms. The van der Waals surface area contributed by atoms with Crippen LogP contribution >= 0.6 is 0 Å². The number of benzene rings is 2. The highest BCUT2D eigenvalue weighted by Gasteiger charge is 2.20. The molecule has 0 amide bonds. The molecule has 200 valence electrons. The number of methoxy groups -OCH3 is 1. The fourth-order valence-electron chi connectivity index (χ4n) is 2.98. The van der Waals surface area contributed by atoms with Crippen molar-refractivity contribution in [1.29, 1.82) is 0 Å². The van der Waals surface area contributed by atoms with E-state index in [-0.39, 0.29) is 38.3 Å². The van der Waals surface area contributed by atoms with Crippen LogP contribution in [0.3, 0.4) is 0 Å². The van der Waals surface area contributed by atoms with Gasteiger partial charge in [0.1, 0.15) is 11.4 Å². The average molecular weight is 577 g/mol. The Balaban J connectivity index is 1.93. The Morgan fingerprint density at radius 2 is 1.57 bits per heavy atom. The fourth-order valence-corrected chi connectivity index (χ4v) is 4.96. The maximum atomic E-state index is 12.5. The molecule has 0 atom stereocenters. The van der Waals surface area contributed by atoms with Crippen LogP contribution < -0.4 is 4.74 Å². The van der Waals surface area contributed by atoms with E-state index in [1.807, 2.05) is 0 Å². The minimum Gasteiger partial charge on any atom is -0.494 e. The van der Waals surface area contributed by atoms with Crippen molar-refractivity contribution in [2.45, 2.75) is 16.7 Å². The topological polar surface area (TPSA) is 224 Å². The first-order valence-corrected chi connectivity index (χ1v) is 14.4. The standard InChI is InChI=1S/C19H20N4O11S3/c1-12-18(19(24)23(22-12)13-3-5-14(6-4-13)36(27,28)29)21-20-16-11-15(7-8-17(16)33-2)35(25,26)10-9-34-37(30,31)32/h3-8,11,24H,9-10H2,1-2H3,(H,27,28,29)(H,30,31,32)/b21-20+. The van der Waals surface area contributed by atoms with E-state index in [0.717, 1.165) is 22.9 Å². The minimum atomic E-state index is -4.81. The van der Waals surface area contributed by atoms with Crippen molar-refractivity contribution >= 4 is 41.7 Å². The van der Waals surface area contributed by atoms with Gasteiger partial charge in [-0.3, -0.25) is 9.11 Å².